The van der Waals surface area contributed by atoms with Gasteiger partial charge in [0, 0.05) is 11.8 Å². The van der Waals surface area contributed by atoms with E-state index in [4.69, 9.17) is 5.11 Å². The second kappa shape index (κ2) is 6.83. The van der Waals surface area contributed by atoms with Crippen LogP contribution >= 0.6 is 11.3 Å². The second-order valence-corrected chi connectivity index (χ2v) is 7.23. The number of aromatic nitrogens is 1. The van der Waals surface area contributed by atoms with Crippen LogP contribution in [0.25, 0.3) is 0 Å². The molecule has 0 aliphatic rings. The minimum absolute atomic E-state index is 0.0196. The van der Waals surface area contributed by atoms with Gasteiger partial charge in [0.1, 0.15) is 5.01 Å². The van der Waals surface area contributed by atoms with Crippen molar-refractivity contribution in [3.63, 3.8) is 0 Å². The van der Waals surface area contributed by atoms with Crippen molar-refractivity contribution in [2.45, 2.75) is 47.1 Å². The third-order valence-corrected chi connectivity index (χ3v) is 3.55. The molecule has 112 valence electrons. The van der Waals surface area contributed by atoms with E-state index >= 15 is 0 Å². The molecule has 1 heterocycles. The fourth-order valence-corrected chi connectivity index (χ4v) is 2.88. The van der Waals surface area contributed by atoms with Crippen molar-refractivity contribution in [3.8, 4) is 0 Å². The first-order valence-electron chi connectivity index (χ1n) is 6.62. The van der Waals surface area contributed by atoms with Crippen molar-refractivity contribution >= 4 is 23.2 Å². The number of carboxylic acids is 1. The zero-order chi connectivity index (χ0) is 15.3. The molecule has 1 aromatic heterocycles. The minimum atomic E-state index is -1.04. The number of nitrogens with one attached hydrogen (secondary N) is 1. The maximum absolute atomic E-state index is 11.8. The molecule has 0 spiro atoms. The zero-order valence-corrected chi connectivity index (χ0v) is 13.2. The van der Waals surface area contributed by atoms with E-state index in [0.717, 1.165) is 6.42 Å². The lowest BCUT2D eigenvalue weighted by atomic mass is 9.84. The molecule has 0 aromatic carbocycles. The number of hydrogen-bond donors (Lipinski definition) is 2. The fraction of sp³-hybridized carbons (Fsp3) is 0.643. The number of rotatable bonds is 6. The van der Waals surface area contributed by atoms with Gasteiger partial charge in [0.15, 0.2) is 5.69 Å². The van der Waals surface area contributed by atoms with Crippen molar-refractivity contribution in [1.82, 2.24) is 10.3 Å². The summed E-state index contributed by atoms with van der Waals surface area (Å²) in [5.41, 5.74) is 0.242. The molecule has 1 amide bonds. The molecule has 1 rings (SSSR count). The molecule has 2 N–H and O–H groups in total. The Morgan fingerprint density at radius 3 is 2.60 bits per heavy atom. The molecule has 0 saturated heterocycles. The highest BCUT2D eigenvalue weighted by atomic mass is 32.1. The van der Waals surface area contributed by atoms with Crippen LogP contribution in [-0.4, -0.2) is 22.0 Å². The van der Waals surface area contributed by atoms with Crippen LogP contribution in [0.15, 0.2) is 5.38 Å². The van der Waals surface area contributed by atoms with Gasteiger partial charge in [-0.3, -0.25) is 4.79 Å². The van der Waals surface area contributed by atoms with Crippen LogP contribution < -0.4 is 5.32 Å². The number of carboxylic acid groups (broad SMARTS) is 1. The van der Waals surface area contributed by atoms with Crippen LogP contribution in [0.5, 0.6) is 0 Å². The summed E-state index contributed by atoms with van der Waals surface area (Å²) in [6.45, 7) is 8.83. The molecule has 0 bridgehead atoms. The quantitative estimate of drug-likeness (QED) is 0.846. The van der Waals surface area contributed by atoms with E-state index in [-0.39, 0.29) is 17.0 Å². The van der Waals surface area contributed by atoms with E-state index in [1.807, 2.05) is 0 Å². The fourth-order valence-electron chi connectivity index (χ4n) is 2.17. The monoisotopic (exact) mass is 298 g/mol. The molecule has 0 aliphatic heterocycles. The molecular formula is C14H22N2O3S. The van der Waals surface area contributed by atoms with Crippen molar-refractivity contribution < 1.29 is 14.7 Å². The molecule has 1 aromatic rings. The van der Waals surface area contributed by atoms with E-state index in [2.05, 4.69) is 38.0 Å². The van der Waals surface area contributed by atoms with Crippen LogP contribution in [0.4, 0.5) is 0 Å². The van der Waals surface area contributed by atoms with Crippen molar-refractivity contribution in [1.29, 1.82) is 0 Å². The van der Waals surface area contributed by atoms with Gasteiger partial charge in [-0.1, -0.05) is 27.7 Å². The van der Waals surface area contributed by atoms with E-state index in [0.29, 0.717) is 23.9 Å². The Kier molecular flexibility index (Phi) is 5.68. The van der Waals surface area contributed by atoms with E-state index in [1.165, 1.54) is 16.7 Å². The summed E-state index contributed by atoms with van der Waals surface area (Å²) in [5.74, 6) is -0.743. The summed E-state index contributed by atoms with van der Waals surface area (Å²) >= 11 is 1.24. The minimum Gasteiger partial charge on any atom is -0.476 e. The first-order chi connectivity index (χ1) is 9.17. The third-order valence-electron chi connectivity index (χ3n) is 2.70. The normalized spacial score (nSPS) is 13.0. The topological polar surface area (TPSA) is 79.3 Å². The Morgan fingerprint density at radius 2 is 2.10 bits per heavy atom. The summed E-state index contributed by atoms with van der Waals surface area (Å²) in [5, 5.41) is 13.6. The summed E-state index contributed by atoms with van der Waals surface area (Å²) < 4.78 is 0. The number of thiazole rings is 1. The van der Waals surface area contributed by atoms with Gasteiger partial charge in [-0.25, -0.2) is 9.78 Å². The average Bonchev–Trinajstić information content (AvgIpc) is 2.72. The highest BCUT2D eigenvalue weighted by molar-refractivity contribution is 7.09. The molecule has 0 fully saturated rings. The van der Waals surface area contributed by atoms with Crippen LogP contribution in [0.3, 0.4) is 0 Å². The predicted molar refractivity (Wildman–Crippen MR) is 78.8 cm³/mol. The lowest BCUT2D eigenvalue weighted by Crippen LogP contribution is -2.25. The van der Waals surface area contributed by atoms with Gasteiger partial charge in [-0.05, 0) is 17.8 Å². The SMILES string of the molecule is CC(CC(=O)NCc1nc(C(=O)O)cs1)CC(C)(C)C. The Labute approximate surface area is 123 Å². The number of amides is 1. The molecule has 1 unspecified atom stereocenters. The van der Waals surface area contributed by atoms with Gasteiger partial charge < -0.3 is 10.4 Å². The molecular weight excluding hydrogens is 276 g/mol. The molecule has 5 nitrogen and oxygen atoms in total. The zero-order valence-electron chi connectivity index (χ0n) is 12.4. The lowest BCUT2D eigenvalue weighted by Gasteiger charge is -2.22. The summed E-state index contributed by atoms with van der Waals surface area (Å²) in [6, 6.07) is 0. The van der Waals surface area contributed by atoms with Crippen molar-refractivity contribution in [3.05, 3.63) is 16.1 Å². The molecule has 0 aliphatic carbocycles. The van der Waals surface area contributed by atoms with Crippen LogP contribution in [0.1, 0.15) is 56.0 Å². The predicted octanol–water partition coefficient (Wildman–Crippen LogP) is 2.92. The van der Waals surface area contributed by atoms with Crippen molar-refractivity contribution in [2.75, 3.05) is 0 Å². The van der Waals surface area contributed by atoms with Gasteiger partial charge in [-0.15, -0.1) is 11.3 Å². The second-order valence-electron chi connectivity index (χ2n) is 6.28. The number of nitrogens with zero attached hydrogens (tertiary/aromatic N) is 1. The first-order valence-corrected chi connectivity index (χ1v) is 7.50. The van der Waals surface area contributed by atoms with Crippen LogP contribution in [0, 0.1) is 11.3 Å². The molecule has 6 heteroatoms. The standard InChI is InChI=1S/C14H22N2O3S/c1-9(6-14(2,3)4)5-11(17)15-7-12-16-10(8-20-12)13(18)19/h8-9H,5-7H2,1-4H3,(H,15,17)(H,18,19). The average molecular weight is 298 g/mol. The smallest absolute Gasteiger partial charge is 0.355 e. The maximum atomic E-state index is 11.8. The van der Waals surface area contributed by atoms with Crippen LogP contribution in [-0.2, 0) is 11.3 Å². The number of aromatic carboxylic acids is 1. The van der Waals surface area contributed by atoms with E-state index < -0.39 is 5.97 Å². The Morgan fingerprint density at radius 1 is 1.45 bits per heavy atom. The lowest BCUT2D eigenvalue weighted by molar-refractivity contribution is -0.122. The Hall–Kier alpha value is -1.43. The molecule has 1 atom stereocenters. The Balaban J connectivity index is 2.37. The molecule has 20 heavy (non-hydrogen) atoms. The van der Waals surface area contributed by atoms with Crippen LogP contribution in [0.2, 0.25) is 0 Å². The number of hydrogen-bond acceptors (Lipinski definition) is 4. The number of carbonyl (C=O) groups is 2. The largest absolute Gasteiger partial charge is 0.476 e. The van der Waals surface area contributed by atoms with Gasteiger partial charge >= 0.3 is 5.97 Å². The highest BCUT2D eigenvalue weighted by Crippen LogP contribution is 2.25. The van der Waals surface area contributed by atoms with E-state index in [9.17, 15) is 9.59 Å². The third kappa shape index (κ3) is 6.14. The molecule has 0 saturated carbocycles. The highest BCUT2D eigenvalue weighted by Gasteiger charge is 2.18. The van der Waals surface area contributed by atoms with Gasteiger partial charge in [-0.2, -0.15) is 0 Å². The van der Waals surface area contributed by atoms with Gasteiger partial charge in [0.25, 0.3) is 0 Å². The summed E-state index contributed by atoms with van der Waals surface area (Å²) in [6.07, 6.45) is 1.47. The maximum Gasteiger partial charge on any atom is 0.355 e. The molecule has 0 radical (unpaired) electrons. The van der Waals surface area contributed by atoms with Crippen molar-refractivity contribution in [2.24, 2.45) is 11.3 Å². The summed E-state index contributed by atoms with van der Waals surface area (Å²) in [4.78, 5) is 26.4. The summed E-state index contributed by atoms with van der Waals surface area (Å²) in [7, 11) is 0. The van der Waals surface area contributed by atoms with Gasteiger partial charge in [0.2, 0.25) is 5.91 Å². The van der Waals surface area contributed by atoms with E-state index in [1.54, 1.807) is 0 Å². The first kappa shape index (κ1) is 16.6. The van der Waals surface area contributed by atoms with Gasteiger partial charge in [0.05, 0.1) is 6.54 Å². The Bertz CT molecular complexity index is 477. The number of carbonyl (C=O) groups excluding carboxylic acids is 1.